The molecule has 0 aromatic heterocycles. The van der Waals surface area contributed by atoms with Crippen molar-refractivity contribution in [3.05, 3.63) is 99.0 Å². The number of hydrogen-bond acceptors (Lipinski definition) is 15. The summed E-state index contributed by atoms with van der Waals surface area (Å²) in [5.41, 5.74) is 1.55. The molecule has 1 unspecified atom stereocenters. The predicted octanol–water partition coefficient (Wildman–Crippen LogP) is 4.72. The molecule has 3 aliphatic carbocycles. The highest BCUT2D eigenvalue weighted by atomic mass is 16.6. The molecule has 2 saturated carbocycles. The molecule has 6 rings (SSSR count). The number of Topliss-reactive ketones (excluding diaryl/α,β-unsaturated/α-hetero) is 1. The maximum atomic E-state index is 15.4. The van der Waals surface area contributed by atoms with Gasteiger partial charge in [-0.3, -0.25) is 19.2 Å². The Kier molecular flexibility index (Phi) is 13.3. The SMILES string of the molecule is C/C=C(\C)C(=O)N[C@@H](c1ccccc1)[C@@H](O)C(=O)O[C@H]1C[C@@]2(O)[C@@H](OC(=O)c3cccc(N=[N+]=[N-])c3)C3[C@](C)(C(=O)[C@H](O)C(=C1C)C2(C)C)[C@@H](OC(=O)CC)C[C@H]1OC[C@@]31OC(C)=O. The largest absolute Gasteiger partial charge is 0.461 e. The summed E-state index contributed by atoms with van der Waals surface area (Å²) in [7, 11) is 0. The number of ether oxygens (including phenoxy) is 5. The van der Waals surface area contributed by atoms with Crippen molar-refractivity contribution in [3.63, 3.8) is 0 Å². The molecule has 4 aliphatic rings. The van der Waals surface area contributed by atoms with Crippen molar-refractivity contribution in [1.29, 1.82) is 0 Å². The highest BCUT2D eigenvalue weighted by Gasteiger charge is 2.78. The van der Waals surface area contributed by atoms with Gasteiger partial charge in [0.25, 0.3) is 0 Å². The van der Waals surface area contributed by atoms with Crippen LogP contribution in [-0.2, 0) is 47.7 Å². The number of hydrogen-bond donors (Lipinski definition) is 4. The van der Waals surface area contributed by atoms with E-state index in [2.05, 4.69) is 15.3 Å². The minimum absolute atomic E-state index is 0.0414. The Balaban J connectivity index is 1.56. The fourth-order valence-electron chi connectivity index (χ4n) is 10.1. The number of nitrogens with zero attached hydrogens (tertiary/aromatic N) is 3. The van der Waals surface area contributed by atoms with E-state index in [1.54, 1.807) is 57.2 Å². The summed E-state index contributed by atoms with van der Waals surface area (Å²) < 4.78 is 30.5. The molecule has 2 aromatic rings. The molecule has 1 amide bonds. The van der Waals surface area contributed by atoms with E-state index >= 15 is 4.79 Å². The van der Waals surface area contributed by atoms with Gasteiger partial charge >= 0.3 is 23.9 Å². The van der Waals surface area contributed by atoms with E-state index in [1.165, 1.54) is 52.0 Å². The summed E-state index contributed by atoms with van der Waals surface area (Å²) in [5.74, 6) is -7.03. The lowest BCUT2D eigenvalue weighted by atomic mass is 9.44. The molecule has 18 nitrogen and oxygen atoms in total. The Hall–Kier alpha value is -5.91. The topological polar surface area (TPSA) is 270 Å². The Morgan fingerprint density at radius 1 is 1.05 bits per heavy atom. The second kappa shape index (κ2) is 17.9. The molecule has 64 heavy (non-hydrogen) atoms. The van der Waals surface area contributed by atoms with E-state index < -0.39 is 113 Å². The number of ketones is 1. The molecule has 342 valence electrons. The quantitative estimate of drug-likeness (QED) is 0.0427. The van der Waals surface area contributed by atoms with E-state index in [4.69, 9.17) is 29.2 Å². The van der Waals surface area contributed by atoms with Gasteiger partial charge in [0.1, 0.15) is 36.1 Å². The van der Waals surface area contributed by atoms with Crippen LogP contribution < -0.4 is 5.32 Å². The molecular weight excluding hydrogens is 833 g/mol. The predicted molar refractivity (Wildman–Crippen MR) is 225 cm³/mol. The van der Waals surface area contributed by atoms with Gasteiger partial charge in [-0.2, -0.15) is 0 Å². The van der Waals surface area contributed by atoms with Gasteiger partial charge in [-0.15, -0.1) is 0 Å². The van der Waals surface area contributed by atoms with Crippen molar-refractivity contribution < 1.29 is 67.8 Å². The third-order valence-corrected chi connectivity index (χ3v) is 13.7. The summed E-state index contributed by atoms with van der Waals surface area (Å²) >= 11 is 0. The van der Waals surface area contributed by atoms with Gasteiger partial charge in [-0.05, 0) is 62.1 Å². The third-order valence-electron chi connectivity index (χ3n) is 13.7. The molecule has 11 atom stereocenters. The number of carbonyl (C=O) groups is 6. The Morgan fingerprint density at radius 2 is 1.73 bits per heavy atom. The standard InChI is InChI=1S/C46H54N4O14/c1-9-23(3)40(56)48-34(26-15-12-11-13-16-26)36(54)42(58)61-29-21-46(59)39(63-41(57)27-17-14-18-28(19-27)49-50-47)37-44(8,38(55)35(53)33(24(29)4)43(46,6)7)30(62-32(52)10-2)20-31-45(37,22-60-31)64-25(5)51/h9,11-19,29-31,34-37,39,53-54,59H,10,20-22H2,1-8H3,(H,48,56)/b23-9+/t29-,30-,31+,34-,35+,36+,37?,39-,44+,45-,46+/m0/s1. The van der Waals surface area contributed by atoms with Crippen molar-refractivity contribution in [1.82, 2.24) is 5.32 Å². The first kappa shape index (κ1) is 47.6. The zero-order valence-corrected chi connectivity index (χ0v) is 36.9. The fourth-order valence-corrected chi connectivity index (χ4v) is 10.1. The van der Waals surface area contributed by atoms with Gasteiger partial charge in [0.2, 0.25) is 5.91 Å². The monoisotopic (exact) mass is 886 g/mol. The summed E-state index contributed by atoms with van der Waals surface area (Å²) in [5, 5.41) is 44.1. The number of nitrogens with one attached hydrogen (secondary N) is 1. The second-order valence-electron chi connectivity index (χ2n) is 17.6. The van der Waals surface area contributed by atoms with Crippen LogP contribution in [0.5, 0.6) is 0 Å². The zero-order chi connectivity index (χ0) is 47.1. The molecule has 0 spiro atoms. The summed E-state index contributed by atoms with van der Waals surface area (Å²) in [6.45, 7) is 11.4. The Labute approximate surface area is 369 Å². The van der Waals surface area contributed by atoms with Gasteiger partial charge in [0.05, 0.1) is 29.5 Å². The van der Waals surface area contributed by atoms with Gasteiger partial charge in [0, 0.05) is 47.8 Å². The van der Waals surface area contributed by atoms with E-state index in [-0.39, 0.29) is 41.8 Å². The van der Waals surface area contributed by atoms with Gasteiger partial charge in [0.15, 0.2) is 17.5 Å². The first-order valence-corrected chi connectivity index (χ1v) is 21.0. The normalized spacial score (nSPS) is 31.4. The Morgan fingerprint density at radius 3 is 2.33 bits per heavy atom. The number of allylic oxidation sites excluding steroid dienone is 1. The van der Waals surface area contributed by atoms with Crippen LogP contribution >= 0.6 is 0 Å². The average molecular weight is 887 g/mol. The molecule has 1 heterocycles. The highest BCUT2D eigenvalue weighted by Crippen LogP contribution is 2.64. The first-order valence-electron chi connectivity index (χ1n) is 21.0. The molecule has 4 N–H and O–H groups in total. The van der Waals surface area contributed by atoms with Gasteiger partial charge in [-0.25, -0.2) is 9.59 Å². The van der Waals surface area contributed by atoms with Gasteiger partial charge < -0.3 is 44.3 Å². The molecule has 2 aromatic carbocycles. The number of aliphatic hydroxyl groups excluding tert-OH is 2. The van der Waals surface area contributed by atoms with E-state index in [0.29, 0.717) is 11.1 Å². The van der Waals surface area contributed by atoms with Crippen molar-refractivity contribution >= 4 is 41.3 Å². The molecule has 0 radical (unpaired) electrons. The van der Waals surface area contributed by atoms with Crippen LogP contribution in [0, 0.1) is 16.7 Å². The highest BCUT2D eigenvalue weighted by molar-refractivity contribution is 5.95. The molecule has 1 aliphatic heterocycles. The number of azide groups is 1. The van der Waals surface area contributed by atoms with Crippen molar-refractivity contribution in [2.75, 3.05) is 6.61 Å². The fraction of sp³-hybridized carbons (Fsp3) is 0.522. The third kappa shape index (κ3) is 7.98. The molecule has 3 fully saturated rings. The zero-order valence-electron chi connectivity index (χ0n) is 36.9. The van der Waals surface area contributed by atoms with Crippen molar-refractivity contribution in [2.24, 2.45) is 21.9 Å². The van der Waals surface area contributed by atoms with E-state index in [1.807, 2.05) is 0 Å². The van der Waals surface area contributed by atoms with Crippen molar-refractivity contribution in [3.8, 4) is 0 Å². The maximum absolute atomic E-state index is 15.4. The smallest absolute Gasteiger partial charge is 0.338 e. The Bertz CT molecular complexity index is 2340. The van der Waals surface area contributed by atoms with Crippen LogP contribution in [-0.4, -0.2) is 105 Å². The van der Waals surface area contributed by atoms with Crippen LogP contribution in [0.3, 0.4) is 0 Å². The van der Waals surface area contributed by atoms with E-state index in [0.717, 1.165) is 6.92 Å². The second-order valence-corrected chi connectivity index (χ2v) is 17.6. The number of carbonyl (C=O) groups excluding carboxylic acids is 6. The molecule has 1 saturated heterocycles. The lowest BCUT2D eigenvalue weighted by Crippen LogP contribution is -2.82. The summed E-state index contributed by atoms with van der Waals surface area (Å²) in [6.07, 6.45) is -9.40. The van der Waals surface area contributed by atoms with Crippen LogP contribution in [0.2, 0.25) is 0 Å². The minimum atomic E-state index is -2.47. The average Bonchev–Trinajstić information content (AvgIpc) is 3.25. The van der Waals surface area contributed by atoms with Crippen LogP contribution in [0.25, 0.3) is 10.4 Å². The lowest BCUT2D eigenvalue weighted by Gasteiger charge is -2.67. The molecule has 18 heteroatoms. The molecule has 2 bridgehead atoms. The summed E-state index contributed by atoms with van der Waals surface area (Å²) in [4.78, 5) is 86.3. The maximum Gasteiger partial charge on any atom is 0.338 e. The number of esters is 4. The lowest BCUT2D eigenvalue weighted by molar-refractivity contribution is -0.346. The number of aliphatic hydroxyl groups is 3. The summed E-state index contributed by atoms with van der Waals surface area (Å²) in [6, 6.07) is 12.3. The number of benzene rings is 2. The van der Waals surface area contributed by atoms with E-state index in [9.17, 15) is 39.3 Å². The minimum Gasteiger partial charge on any atom is -0.461 e. The number of fused-ring (bicyclic) bond motifs is 5. The van der Waals surface area contributed by atoms with Crippen LogP contribution in [0.4, 0.5) is 5.69 Å². The molecular formula is C46H54N4O14. The number of rotatable bonds is 12. The number of amides is 1. The van der Waals surface area contributed by atoms with Crippen LogP contribution in [0.1, 0.15) is 96.6 Å². The van der Waals surface area contributed by atoms with Gasteiger partial charge in [-0.1, -0.05) is 74.4 Å². The van der Waals surface area contributed by atoms with Crippen LogP contribution in [0.15, 0.2) is 82.5 Å². The first-order chi connectivity index (χ1) is 30.1. The van der Waals surface area contributed by atoms with Crippen molar-refractivity contribution in [2.45, 2.75) is 129 Å².